The number of aliphatic hydroxyl groups excluding tert-OH is 2. The highest BCUT2D eigenvalue weighted by Crippen LogP contribution is 2.45. The minimum atomic E-state index is -4.96. The normalized spacial score (nSPS) is 14.5. The highest BCUT2D eigenvalue weighted by Gasteiger charge is 2.29. The third-order valence-electron chi connectivity index (χ3n) is 20.1. The molecule has 0 radical (unpaired) electrons. The van der Waals surface area contributed by atoms with Crippen LogP contribution in [0.25, 0.3) is 0 Å². The summed E-state index contributed by atoms with van der Waals surface area (Å²) in [4.78, 5) is 59.0. The van der Waals surface area contributed by atoms with Crippen molar-refractivity contribution in [1.82, 2.24) is 0 Å². The number of unbranched alkanes of at least 4 members (excludes halogenated alkanes) is 37. The number of carbonyl (C=O) groups is 3. The van der Waals surface area contributed by atoms with E-state index in [1.165, 1.54) is 199 Å². The number of hydrogen-bond donors (Lipinski definition) is 4. The zero-order valence-corrected chi connectivity index (χ0v) is 78.2. The number of hydrogen-bond acceptors (Lipinski definition) is 14. The van der Waals surface area contributed by atoms with E-state index in [1.54, 1.807) is 0 Å². The molecule has 0 heterocycles. The quantitative estimate of drug-likeness (QED) is 0.0146. The number of carbonyl (C=O) groups excluding carboxylic acids is 3. The van der Waals surface area contributed by atoms with Gasteiger partial charge in [0.2, 0.25) is 0 Å². The molecule has 0 amide bonds. The van der Waals surface area contributed by atoms with Crippen molar-refractivity contribution in [3.8, 4) is 0 Å². The molecule has 0 bridgehead atoms. The Hall–Kier alpha value is -5.35. The molecular formula is C103H174O16P2. The van der Waals surface area contributed by atoms with Gasteiger partial charge in [0.25, 0.3) is 0 Å². The van der Waals surface area contributed by atoms with Crippen molar-refractivity contribution in [3.63, 3.8) is 0 Å². The van der Waals surface area contributed by atoms with Crippen LogP contribution < -0.4 is 0 Å². The van der Waals surface area contributed by atoms with E-state index in [2.05, 4.69) is 191 Å². The first-order valence-electron chi connectivity index (χ1n) is 48.1. The number of esters is 3. The molecule has 0 saturated carbocycles. The molecule has 0 fully saturated rings. The fraction of sp³-hybridized carbons (Fsp3) is 0.680. The highest BCUT2D eigenvalue weighted by molar-refractivity contribution is 7.47. The lowest BCUT2D eigenvalue weighted by Gasteiger charge is -2.21. The molecule has 18 heteroatoms. The van der Waals surface area contributed by atoms with Crippen LogP contribution in [0.3, 0.4) is 0 Å². The van der Waals surface area contributed by atoms with Crippen LogP contribution in [0.2, 0.25) is 0 Å². The molecule has 0 aromatic rings. The van der Waals surface area contributed by atoms with Crippen LogP contribution in [0, 0.1) is 0 Å². The van der Waals surface area contributed by atoms with E-state index in [4.69, 9.17) is 32.3 Å². The summed E-state index contributed by atoms with van der Waals surface area (Å²) in [6, 6.07) is 0. The van der Waals surface area contributed by atoms with Gasteiger partial charge in [-0.15, -0.1) is 0 Å². The molecule has 5 unspecified atom stereocenters. The Morgan fingerprint density at radius 2 is 0.446 bits per heavy atom. The molecule has 4 N–H and O–H groups in total. The van der Waals surface area contributed by atoms with Gasteiger partial charge in [0.1, 0.15) is 25.4 Å². The molecule has 0 aliphatic heterocycles. The average molecular weight is 1730 g/mol. The first kappa shape index (κ1) is 116. The second kappa shape index (κ2) is 93.8. The molecule has 0 spiro atoms. The number of phosphoric ester groups is 2. The zero-order valence-electron chi connectivity index (χ0n) is 76.4. The fourth-order valence-corrected chi connectivity index (χ4v) is 14.5. The van der Waals surface area contributed by atoms with Crippen LogP contribution in [0.1, 0.15) is 393 Å². The summed E-state index contributed by atoms with van der Waals surface area (Å²) in [6.45, 7) is 2.40. The van der Waals surface area contributed by atoms with E-state index in [1.807, 2.05) is 12.2 Å². The van der Waals surface area contributed by atoms with E-state index in [0.717, 1.165) is 128 Å². The largest absolute Gasteiger partial charge is 0.472 e. The lowest BCUT2D eigenvalue weighted by atomic mass is 10.0. The van der Waals surface area contributed by atoms with Gasteiger partial charge in [-0.25, -0.2) is 9.13 Å². The summed E-state index contributed by atoms with van der Waals surface area (Å²) in [6.07, 6.45) is 124. The predicted octanol–water partition coefficient (Wildman–Crippen LogP) is 30.0. The maximum absolute atomic E-state index is 13.0. The van der Waals surface area contributed by atoms with Crippen LogP contribution in [0.4, 0.5) is 0 Å². The van der Waals surface area contributed by atoms with Crippen molar-refractivity contribution < 1.29 is 75.8 Å². The summed E-state index contributed by atoms with van der Waals surface area (Å²) in [5, 5.41) is 20.7. The minimum absolute atomic E-state index is 0.0234. The van der Waals surface area contributed by atoms with Gasteiger partial charge in [-0.3, -0.25) is 32.5 Å². The summed E-state index contributed by atoms with van der Waals surface area (Å²) < 4.78 is 61.4. The highest BCUT2D eigenvalue weighted by atomic mass is 31.2. The van der Waals surface area contributed by atoms with Crippen LogP contribution >= 0.6 is 15.6 Å². The van der Waals surface area contributed by atoms with E-state index >= 15 is 0 Å². The lowest BCUT2D eigenvalue weighted by molar-refractivity contribution is -0.161. The molecule has 0 aromatic carbocycles. The van der Waals surface area contributed by atoms with Gasteiger partial charge < -0.3 is 34.2 Å². The minimum Gasteiger partial charge on any atom is -0.463 e. The van der Waals surface area contributed by atoms with Gasteiger partial charge in [-0.05, 0) is 154 Å². The molecule has 0 rings (SSSR count). The molecular weight excluding hydrogens is 1560 g/mol. The molecule has 16 nitrogen and oxygen atoms in total. The summed E-state index contributed by atoms with van der Waals surface area (Å²) in [7, 11) is -9.83. The number of rotatable bonds is 90. The van der Waals surface area contributed by atoms with Gasteiger partial charge >= 0.3 is 33.6 Å². The summed E-state index contributed by atoms with van der Waals surface area (Å²) in [5.74, 6) is -1.64. The van der Waals surface area contributed by atoms with Gasteiger partial charge in [-0.1, -0.05) is 402 Å². The molecule has 0 saturated heterocycles. The van der Waals surface area contributed by atoms with E-state index in [0.29, 0.717) is 25.7 Å². The van der Waals surface area contributed by atoms with Crippen molar-refractivity contribution >= 4 is 33.6 Å². The van der Waals surface area contributed by atoms with Crippen molar-refractivity contribution in [1.29, 1.82) is 0 Å². The monoisotopic (exact) mass is 1730 g/mol. The van der Waals surface area contributed by atoms with Crippen LogP contribution in [0.5, 0.6) is 0 Å². The molecule has 0 aliphatic carbocycles. The molecule has 121 heavy (non-hydrogen) atoms. The van der Waals surface area contributed by atoms with Crippen molar-refractivity contribution in [2.45, 2.75) is 411 Å². The van der Waals surface area contributed by atoms with Gasteiger partial charge in [-0.2, -0.15) is 0 Å². The van der Waals surface area contributed by atoms with E-state index < -0.39 is 91.5 Å². The fourth-order valence-electron chi connectivity index (χ4n) is 12.9. The van der Waals surface area contributed by atoms with Crippen molar-refractivity contribution in [2.24, 2.45) is 0 Å². The Kier molecular flexibility index (Phi) is 89.6. The number of phosphoric acid groups is 2. The van der Waals surface area contributed by atoms with Gasteiger partial charge in [0, 0.05) is 19.3 Å². The van der Waals surface area contributed by atoms with Crippen molar-refractivity contribution in [2.75, 3.05) is 39.6 Å². The second-order valence-electron chi connectivity index (χ2n) is 31.8. The Morgan fingerprint density at radius 3 is 0.719 bits per heavy atom. The first-order chi connectivity index (χ1) is 59.2. The Labute approximate surface area is 738 Å². The standard InChI is InChI=1S/C103H174O16P2/c1-4-7-10-13-16-19-22-25-28-31-33-35-37-39-41-43-45-47-48-50-52-53-55-57-59-61-63-66-68-71-74-77-80-83-86-89-101(106)113-92-98(104)93-115-120(109,110)116-94-99(105)95-117-121(111,112)118-97-100(119-103(108)91-88-85-82-79-76-73-70-65-30-27-24-21-18-15-12-9-6-3)96-114-102(107)90-87-84-81-78-75-72-69-67-64-62-60-58-56-54-51-49-46-44-42-40-38-36-34-32-29-26-23-20-17-14-11-8-5-2/h7,9-10,12,16-21,25-30,33-36,39-42,45,47,70,73,79,82,98-100,104-105H,4-6,8,11,13-15,22-24,31-32,37-38,43-44,46,48-69,71-72,74-78,80-81,83-97H2,1-3H3,(H,109,110)(H,111,112)/b10-7-,12-9-,19-16-,20-17-,21-18-,28-25-,29-26-,30-27-,35-33-,36-34-,41-39-,42-40-,47-45-,73-70-,82-79-. The smallest absolute Gasteiger partial charge is 0.463 e. The van der Waals surface area contributed by atoms with E-state index in [9.17, 15) is 43.5 Å². The first-order valence-corrected chi connectivity index (χ1v) is 51.1. The molecule has 692 valence electrons. The third kappa shape index (κ3) is 95.2. The van der Waals surface area contributed by atoms with Crippen LogP contribution in [-0.2, 0) is 55.8 Å². The summed E-state index contributed by atoms with van der Waals surface area (Å²) in [5.41, 5.74) is 0. The topological polar surface area (TPSA) is 231 Å². The molecule has 0 aliphatic rings. The van der Waals surface area contributed by atoms with Crippen LogP contribution in [-0.4, -0.2) is 95.9 Å². The average Bonchev–Trinajstić information content (AvgIpc) is 0.896. The Balaban J connectivity index is 4.48. The van der Waals surface area contributed by atoms with Crippen molar-refractivity contribution in [3.05, 3.63) is 182 Å². The Morgan fingerprint density at radius 1 is 0.240 bits per heavy atom. The number of ether oxygens (including phenoxy) is 3. The molecule has 0 aromatic heterocycles. The molecule has 5 atom stereocenters. The maximum Gasteiger partial charge on any atom is 0.472 e. The van der Waals surface area contributed by atoms with E-state index in [-0.39, 0.29) is 19.3 Å². The predicted molar refractivity (Wildman–Crippen MR) is 509 cm³/mol. The second-order valence-corrected chi connectivity index (χ2v) is 34.7. The lowest BCUT2D eigenvalue weighted by Crippen LogP contribution is -2.30. The summed E-state index contributed by atoms with van der Waals surface area (Å²) >= 11 is 0. The van der Waals surface area contributed by atoms with Gasteiger partial charge in [0.15, 0.2) is 6.10 Å². The number of allylic oxidation sites excluding steroid dienone is 30. The zero-order chi connectivity index (χ0) is 87.9. The Bertz CT molecular complexity index is 2930. The SMILES string of the molecule is CC/C=C\C/C=C\C/C=C\C/C=C\C/C=C\C/C=C\CCCCCCCCCCCCCCCCCCC(=O)OCC(O)COP(=O)(O)OCC(O)COP(=O)(O)OCC(COC(=O)CCCCCCCCCCCCCCCCCCC/C=C\C/C=C\C/C=C\C/C=C\CCCCC)OC(=O)CCC/C=C\C/C=C\C/C=C\C/C=C\C/C=C\CC. The number of aliphatic hydroxyl groups is 2. The third-order valence-corrected chi connectivity index (χ3v) is 22.0. The van der Waals surface area contributed by atoms with Gasteiger partial charge in [0.05, 0.1) is 26.4 Å². The maximum atomic E-state index is 13.0. The van der Waals surface area contributed by atoms with Crippen LogP contribution in [0.15, 0.2) is 182 Å².